The van der Waals surface area contributed by atoms with Crippen molar-refractivity contribution in [2.75, 3.05) is 39.5 Å². The molecule has 1 unspecified atom stereocenters. The fourth-order valence-corrected chi connectivity index (χ4v) is 1.72. The second kappa shape index (κ2) is 8.21. The summed E-state index contributed by atoms with van der Waals surface area (Å²) in [5.41, 5.74) is 0. The highest BCUT2D eigenvalue weighted by atomic mass is 16.5. The predicted molar refractivity (Wildman–Crippen MR) is 57.5 cm³/mol. The fraction of sp³-hybridized carbons (Fsp3) is 1.00. The van der Waals surface area contributed by atoms with Crippen molar-refractivity contribution >= 4 is 0 Å². The molecule has 1 N–H and O–H groups in total. The molecular weight excluding hydrogens is 178 g/mol. The average Bonchev–Trinajstić information content (AvgIpc) is 2.25. The molecule has 14 heavy (non-hydrogen) atoms. The second-order valence-electron chi connectivity index (χ2n) is 3.84. The van der Waals surface area contributed by atoms with Crippen LogP contribution in [0.1, 0.15) is 26.2 Å². The molecule has 1 aliphatic rings. The summed E-state index contributed by atoms with van der Waals surface area (Å²) in [5.74, 6) is 0.732. The maximum Gasteiger partial charge on any atom is 0.0506 e. The zero-order valence-electron chi connectivity index (χ0n) is 9.26. The van der Waals surface area contributed by atoms with Gasteiger partial charge in [0.15, 0.2) is 0 Å². The van der Waals surface area contributed by atoms with Gasteiger partial charge in [-0.3, -0.25) is 0 Å². The van der Waals surface area contributed by atoms with Crippen LogP contribution < -0.4 is 5.32 Å². The first-order valence-corrected chi connectivity index (χ1v) is 5.79. The lowest BCUT2D eigenvalue weighted by atomic mass is 10.0. The summed E-state index contributed by atoms with van der Waals surface area (Å²) in [6.45, 7) is 7.82. The number of nitrogens with one attached hydrogen (secondary N) is 1. The molecule has 1 heterocycles. The molecular formula is C11H23NO2. The van der Waals surface area contributed by atoms with Gasteiger partial charge >= 0.3 is 0 Å². The van der Waals surface area contributed by atoms with Crippen molar-refractivity contribution in [2.24, 2.45) is 5.92 Å². The van der Waals surface area contributed by atoms with Crippen molar-refractivity contribution < 1.29 is 9.47 Å². The minimum absolute atomic E-state index is 0.732. The van der Waals surface area contributed by atoms with E-state index in [-0.39, 0.29) is 0 Å². The summed E-state index contributed by atoms with van der Waals surface area (Å²) in [6, 6.07) is 0. The van der Waals surface area contributed by atoms with Crippen molar-refractivity contribution in [1.82, 2.24) is 5.32 Å². The molecule has 84 valence electrons. The van der Waals surface area contributed by atoms with Gasteiger partial charge < -0.3 is 14.8 Å². The summed E-state index contributed by atoms with van der Waals surface area (Å²) in [7, 11) is 0. The van der Waals surface area contributed by atoms with E-state index in [1.165, 1.54) is 12.8 Å². The van der Waals surface area contributed by atoms with E-state index < -0.39 is 0 Å². The Morgan fingerprint density at radius 3 is 3.14 bits per heavy atom. The van der Waals surface area contributed by atoms with Gasteiger partial charge in [-0.05, 0) is 38.6 Å². The third kappa shape index (κ3) is 5.58. The summed E-state index contributed by atoms with van der Waals surface area (Å²) >= 11 is 0. The van der Waals surface area contributed by atoms with Crippen LogP contribution in [0.4, 0.5) is 0 Å². The summed E-state index contributed by atoms with van der Waals surface area (Å²) in [5, 5.41) is 3.45. The van der Waals surface area contributed by atoms with E-state index in [9.17, 15) is 0 Å². The number of hydrogen-bond acceptors (Lipinski definition) is 3. The van der Waals surface area contributed by atoms with Gasteiger partial charge in [-0.1, -0.05) is 0 Å². The van der Waals surface area contributed by atoms with Crippen LogP contribution in [-0.2, 0) is 9.47 Å². The highest BCUT2D eigenvalue weighted by Gasteiger charge is 2.12. The molecule has 0 aromatic carbocycles. The number of hydrogen-bond donors (Lipinski definition) is 1. The van der Waals surface area contributed by atoms with Gasteiger partial charge in [0.1, 0.15) is 0 Å². The molecule has 1 saturated heterocycles. The van der Waals surface area contributed by atoms with Gasteiger partial charge in [0, 0.05) is 26.4 Å². The van der Waals surface area contributed by atoms with Crippen LogP contribution in [0.5, 0.6) is 0 Å². The van der Waals surface area contributed by atoms with E-state index >= 15 is 0 Å². The zero-order valence-corrected chi connectivity index (χ0v) is 9.26. The lowest BCUT2D eigenvalue weighted by molar-refractivity contribution is 0.0546. The molecule has 1 fully saturated rings. The maximum absolute atomic E-state index is 5.41. The van der Waals surface area contributed by atoms with E-state index in [1.54, 1.807) is 0 Å². The number of rotatable bonds is 7. The Hall–Kier alpha value is -0.120. The van der Waals surface area contributed by atoms with E-state index in [4.69, 9.17) is 9.47 Å². The molecule has 0 saturated carbocycles. The second-order valence-corrected chi connectivity index (χ2v) is 3.84. The third-order valence-electron chi connectivity index (χ3n) is 2.53. The Morgan fingerprint density at radius 2 is 2.43 bits per heavy atom. The van der Waals surface area contributed by atoms with Crippen molar-refractivity contribution in [3.05, 3.63) is 0 Å². The van der Waals surface area contributed by atoms with Gasteiger partial charge in [-0.2, -0.15) is 0 Å². The molecule has 3 heteroatoms. The molecule has 0 radical (unpaired) electrons. The largest absolute Gasteiger partial charge is 0.382 e. The van der Waals surface area contributed by atoms with Crippen LogP contribution in [0.25, 0.3) is 0 Å². The van der Waals surface area contributed by atoms with Gasteiger partial charge in [0.2, 0.25) is 0 Å². The molecule has 0 aromatic rings. The van der Waals surface area contributed by atoms with Crippen LogP contribution in [0.3, 0.4) is 0 Å². The Kier molecular flexibility index (Phi) is 7.01. The Bertz CT molecular complexity index is 124. The molecule has 1 rings (SSSR count). The minimum atomic E-state index is 0.732. The van der Waals surface area contributed by atoms with Crippen LogP contribution in [0.2, 0.25) is 0 Å². The first kappa shape index (κ1) is 12.0. The Morgan fingerprint density at radius 1 is 1.50 bits per heavy atom. The van der Waals surface area contributed by atoms with Crippen LogP contribution in [0.15, 0.2) is 0 Å². The lowest BCUT2D eigenvalue weighted by Gasteiger charge is -2.22. The monoisotopic (exact) mass is 201 g/mol. The van der Waals surface area contributed by atoms with Crippen molar-refractivity contribution in [3.63, 3.8) is 0 Å². The van der Waals surface area contributed by atoms with Crippen LogP contribution in [0, 0.1) is 5.92 Å². The topological polar surface area (TPSA) is 30.5 Å². The van der Waals surface area contributed by atoms with Gasteiger partial charge in [0.05, 0.1) is 6.61 Å². The van der Waals surface area contributed by atoms with Crippen LogP contribution >= 0.6 is 0 Å². The molecule has 1 atom stereocenters. The Labute approximate surface area is 87.2 Å². The Balaban J connectivity index is 1.82. The third-order valence-corrected chi connectivity index (χ3v) is 2.53. The highest BCUT2D eigenvalue weighted by Crippen LogP contribution is 2.11. The van der Waals surface area contributed by atoms with Crippen molar-refractivity contribution in [1.29, 1.82) is 0 Å². The fourth-order valence-electron chi connectivity index (χ4n) is 1.72. The van der Waals surface area contributed by atoms with E-state index in [1.807, 2.05) is 6.92 Å². The molecule has 3 nitrogen and oxygen atoms in total. The van der Waals surface area contributed by atoms with Gasteiger partial charge in [0.25, 0.3) is 0 Å². The molecule has 0 aliphatic carbocycles. The number of ether oxygens (including phenoxy) is 2. The first-order valence-electron chi connectivity index (χ1n) is 5.79. The summed E-state index contributed by atoms with van der Waals surface area (Å²) in [4.78, 5) is 0. The predicted octanol–water partition coefficient (Wildman–Crippen LogP) is 1.43. The highest BCUT2D eigenvalue weighted by molar-refractivity contribution is 4.65. The minimum Gasteiger partial charge on any atom is -0.382 e. The lowest BCUT2D eigenvalue weighted by Crippen LogP contribution is -2.30. The van der Waals surface area contributed by atoms with Gasteiger partial charge in [-0.25, -0.2) is 0 Å². The summed E-state index contributed by atoms with van der Waals surface area (Å²) in [6.07, 6.45) is 3.66. The first-order chi connectivity index (χ1) is 6.93. The van der Waals surface area contributed by atoms with Crippen molar-refractivity contribution in [2.45, 2.75) is 26.2 Å². The summed E-state index contributed by atoms with van der Waals surface area (Å²) < 4.78 is 10.7. The van der Waals surface area contributed by atoms with E-state index in [0.717, 1.165) is 51.9 Å². The zero-order chi connectivity index (χ0) is 10.1. The van der Waals surface area contributed by atoms with Crippen LogP contribution in [-0.4, -0.2) is 39.5 Å². The molecule has 0 bridgehead atoms. The molecule has 0 amide bonds. The standard InChI is InChI=1S/C11H23NO2/c1-2-13-8-4-6-12-9-11-5-3-7-14-10-11/h11-12H,2-10H2,1H3. The average molecular weight is 201 g/mol. The molecule has 1 aliphatic heterocycles. The normalized spacial score (nSPS) is 22.5. The van der Waals surface area contributed by atoms with E-state index in [2.05, 4.69) is 5.32 Å². The van der Waals surface area contributed by atoms with Gasteiger partial charge in [-0.15, -0.1) is 0 Å². The SMILES string of the molecule is CCOCCCNCC1CCCOC1. The van der Waals surface area contributed by atoms with Crippen molar-refractivity contribution in [3.8, 4) is 0 Å². The smallest absolute Gasteiger partial charge is 0.0506 e. The molecule has 0 aromatic heterocycles. The molecule has 0 spiro atoms. The van der Waals surface area contributed by atoms with E-state index in [0.29, 0.717) is 0 Å². The quantitative estimate of drug-likeness (QED) is 0.632. The maximum atomic E-state index is 5.41.